The largest absolute Gasteiger partial charge is 1.00 e. The number of halogens is 2. The molecule has 1 unspecified atom stereocenters. The number of thioether (sulfide) groups is 2. The highest BCUT2D eigenvalue weighted by molar-refractivity contribution is 8.93. The lowest BCUT2D eigenvalue weighted by Gasteiger charge is -2.25. The molecule has 0 fully saturated rings. The molecule has 3 aliphatic heterocycles. The Hall–Kier alpha value is -4.09. The van der Waals surface area contributed by atoms with Crippen molar-refractivity contribution in [1.29, 1.82) is 0 Å². The van der Waals surface area contributed by atoms with Crippen LogP contribution in [0.1, 0.15) is 27.0 Å². The topological polar surface area (TPSA) is 145 Å². The highest BCUT2D eigenvalue weighted by atomic mass is 79.9. The molecule has 0 bridgehead atoms. The van der Waals surface area contributed by atoms with Crippen LogP contribution in [0, 0.1) is 34.1 Å². The van der Waals surface area contributed by atoms with Gasteiger partial charge in [0.2, 0.25) is 0 Å². The maximum Gasteiger partial charge on any atom is 0.316 e. The fourth-order valence-corrected chi connectivity index (χ4v) is 8.19. The molecule has 7 rings (SSSR count). The van der Waals surface area contributed by atoms with Gasteiger partial charge in [-0.2, -0.15) is 0 Å². The van der Waals surface area contributed by atoms with Gasteiger partial charge in [-0.15, -0.1) is 17.0 Å². The molecule has 0 aliphatic carbocycles. The molecular formula is C36H36Br2N6O6S2. The van der Waals surface area contributed by atoms with Crippen molar-refractivity contribution >= 4 is 79.4 Å². The number of non-ortho nitro benzene ring substituents is 2. The van der Waals surface area contributed by atoms with Gasteiger partial charge in [-0.05, 0) is 48.9 Å². The summed E-state index contributed by atoms with van der Waals surface area (Å²) in [7, 11) is 0. The Morgan fingerprint density at radius 2 is 1.56 bits per heavy atom. The van der Waals surface area contributed by atoms with Gasteiger partial charge in [0.05, 0.1) is 29.5 Å². The first-order valence-electron chi connectivity index (χ1n) is 15.9. The molecule has 4 aromatic carbocycles. The minimum absolute atomic E-state index is 0. The number of nitrogens with zero attached hydrogens (tertiary/aromatic N) is 6. The molecule has 0 aromatic heterocycles. The number of hydrogen-bond donors (Lipinski definition) is 1. The van der Waals surface area contributed by atoms with Crippen LogP contribution < -0.4 is 26.8 Å². The number of para-hydroxylation sites is 2. The molecule has 52 heavy (non-hydrogen) atoms. The first-order chi connectivity index (χ1) is 24.1. The number of nitro benzene ring substituents is 2. The van der Waals surface area contributed by atoms with E-state index in [2.05, 4.69) is 9.89 Å². The van der Waals surface area contributed by atoms with Gasteiger partial charge in [0.15, 0.2) is 17.5 Å². The Labute approximate surface area is 330 Å². The number of aryl methyl sites for hydroxylation is 2. The summed E-state index contributed by atoms with van der Waals surface area (Å²) in [5, 5.41) is 35.4. The van der Waals surface area contributed by atoms with E-state index in [4.69, 9.17) is 0 Å². The number of ketones is 1. The number of carbonyl (C=O) groups excluding carboxylic acids is 1. The molecule has 0 saturated carbocycles. The van der Waals surface area contributed by atoms with Crippen molar-refractivity contribution in [2.24, 2.45) is 4.99 Å². The van der Waals surface area contributed by atoms with E-state index < -0.39 is 15.6 Å². The van der Waals surface area contributed by atoms with Crippen molar-refractivity contribution in [2.75, 3.05) is 47.5 Å². The molecule has 0 saturated heterocycles. The summed E-state index contributed by atoms with van der Waals surface area (Å²) in [5.74, 6) is 1.60. The van der Waals surface area contributed by atoms with Crippen LogP contribution in [-0.4, -0.2) is 73.3 Å². The Bertz CT molecular complexity index is 2050. The van der Waals surface area contributed by atoms with Crippen molar-refractivity contribution in [3.05, 3.63) is 140 Å². The SMILES string of the molecule is Br.Cc1ccccc1N(CC(=O)c1cccc([N+](=O)[O-])c1)C1=NCCS1.Cc1ccccc1N1CC(O)(c2cccc([N+](=O)[O-])c2)[N+]2=C1SCC2.[Br-]. The monoisotopic (exact) mass is 870 g/mol. The van der Waals surface area contributed by atoms with Crippen LogP contribution in [-0.2, 0) is 5.72 Å². The number of Topliss-reactive ketones (excluding diaryl/α,β-unsaturated/α-hetero) is 1. The van der Waals surface area contributed by atoms with Gasteiger partial charge in [-0.3, -0.25) is 30.0 Å². The fraction of sp³-hybridized carbons (Fsp3) is 0.250. The third-order valence-electron chi connectivity index (χ3n) is 8.65. The van der Waals surface area contributed by atoms with Crippen molar-refractivity contribution in [3.63, 3.8) is 0 Å². The van der Waals surface area contributed by atoms with Crippen LogP contribution in [0.5, 0.6) is 0 Å². The molecule has 0 radical (unpaired) electrons. The molecule has 1 atom stereocenters. The van der Waals surface area contributed by atoms with Gasteiger partial charge >= 0.3 is 5.17 Å². The number of rotatable bonds is 8. The van der Waals surface area contributed by atoms with Crippen LogP contribution in [0.4, 0.5) is 22.7 Å². The highest BCUT2D eigenvalue weighted by Gasteiger charge is 2.54. The number of aliphatic hydroxyl groups is 1. The number of benzene rings is 4. The van der Waals surface area contributed by atoms with Gasteiger partial charge in [-0.25, -0.2) is 9.48 Å². The maximum atomic E-state index is 12.7. The summed E-state index contributed by atoms with van der Waals surface area (Å²) in [6.45, 7) is 5.92. The van der Waals surface area contributed by atoms with E-state index >= 15 is 0 Å². The summed E-state index contributed by atoms with van der Waals surface area (Å²) in [6, 6.07) is 28.0. The molecule has 4 aromatic rings. The number of β-amino-alcohol motifs (C(OH)–C–C–N with tert-alkyl or cyclic N) is 1. The second-order valence-corrected chi connectivity index (χ2v) is 14.0. The van der Waals surface area contributed by atoms with E-state index in [0.717, 1.165) is 50.9 Å². The van der Waals surface area contributed by atoms with E-state index in [-0.39, 0.29) is 57.7 Å². The van der Waals surface area contributed by atoms with Crippen molar-refractivity contribution in [3.8, 4) is 0 Å². The van der Waals surface area contributed by atoms with Gasteiger partial charge in [0.1, 0.15) is 5.69 Å². The standard InChI is InChI=1S/C18H18N3O3S.C18H17N3O3S.2BrH/c1-13-5-2-3-8-16(13)19-12-18(22,20-9-10-25-17(19)20)14-6-4-7-15(11-14)21(23)24;1-13-5-2-3-8-16(13)20(18-19-9-10-25-18)12-17(22)14-6-4-7-15(11-14)21(23)24;;/h2-8,11,22H,9-10,12H2,1H3;2-8,11H,9-10,12H2,1H3;2*1H/q+1;;;/p-1. The van der Waals surface area contributed by atoms with Crippen LogP contribution in [0.3, 0.4) is 0 Å². The lowest BCUT2D eigenvalue weighted by molar-refractivity contribution is -0.650. The summed E-state index contributed by atoms with van der Waals surface area (Å²) in [5.41, 5.74) is 3.68. The minimum atomic E-state index is -1.27. The van der Waals surface area contributed by atoms with Gasteiger partial charge in [0.25, 0.3) is 17.1 Å². The minimum Gasteiger partial charge on any atom is -1.00 e. The smallest absolute Gasteiger partial charge is 0.316 e. The number of anilines is 2. The number of amidine groups is 2. The van der Waals surface area contributed by atoms with E-state index in [0.29, 0.717) is 24.2 Å². The number of carbonyl (C=O) groups is 1. The predicted molar refractivity (Wildman–Crippen MR) is 209 cm³/mol. The van der Waals surface area contributed by atoms with Gasteiger partial charge < -0.3 is 27.0 Å². The van der Waals surface area contributed by atoms with Crippen molar-refractivity contribution in [2.45, 2.75) is 19.6 Å². The van der Waals surface area contributed by atoms with Gasteiger partial charge in [0, 0.05) is 52.6 Å². The Morgan fingerprint density at radius 1 is 0.904 bits per heavy atom. The van der Waals surface area contributed by atoms with E-state index in [1.54, 1.807) is 41.7 Å². The van der Waals surface area contributed by atoms with Crippen LogP contribution >= 0.6 is 40.5 Å². The first kappa shape index (κ1) is 40.7. The molecule has 3 aliphatic rings. The highest BCUT2D eigenvalue weighted by Crippen LogP contribution is 2.39. The maximum absolute atomic E-state index is 12.7. The third-order valence-corrected chi connectivity index (χ3v) is 10.7. The molecule has 272 valence electrons. The zero-order chi connectivity index (χ0) is 35.4. The molecule has 3 heterocycles. The quantitative estimate of drug-likeness (QED) is 0.120. The number of aliphatic imine (C=N–C) groups is 1. The van der Waals surface area contributed by atoms with E-state index in [9.17, 15) is 30.1 Å². The average molecular weight is 873 g/mol. The number of hydrogen-bond acceptors (Lipinski definition) is 11. The molecule has 0 amide bonds. The summed E-state index contributed by atoms with van der Waals surface area (Å²) in [6.07, 6.45) is 0. The van der Waals surface area contributed by atoms with Crippen LogP contribution in [0.25, 0.3) is 0 Å². The Morgan fingerprint density at radius 3 is 2.21 bits per heavy atom. The molecule has 1 N–H and O–H groups in total. The second kappa shape index (κ2) is 17.6. The lowest BCUT2D eigenvalue weighted by Crippen LogP contribution is -3.00. The zero-order valence-corrected chi connectivity index (χ0v) is 33.2. The third kappa shape index (κ3) is 8.58. The Kier molecular flexibility index (Phi) is 13.8. The summed E-state index contributed by atoms with van der Waals surface area (Å²) >= 11 is 3.32. The van der Waals surface area contributed by atoms with Crippen LogP contribution in [0.2, 0.25) is 0 Å². The lowest BCUT2D eigenvalue weighted by atomic mass is 10.0. The zero-order valence-electron chi connectivity index (χ0n) is 28.3. The normalized spacial score (nSPS) is 17.2. The van der Waals surface area contributed by atoms with E-state index in [1.807, 2.05) is 71.9 Å². The summed E-state index contributed by atoms with van der Waals surface area (Å²) in [4.78, 5) is 42.4. The second-order valence-electron chi connectivity index (χ2n) is 11.9. The van der Waals surface area contributed by atoms with Crippen LogP contribution in [0.15, 0.2) is 102 Å². The average Bonchev–Trinajstić information content (AvgIpc) is 3.89. The molecular weight excluding hydrogens is 836 g/mol. The van der Waals surface area contributed by atoms with E-state index in [1.165, 1.54) is 30.3 Å². The molecule has 12 nitrogen and oxygen atoms in total. The number of nitro groups is 2. The summed E-state index contributed by atoms with van der Waals surface area (Å²) < 4.78 is 1.96. The fourth-order valence-electron chi connectivity index (χ4n) is 6.15. The molecule has 16 heteroatoms. The van der Waals surface area contributed by atoms with Crippen molar-refractivity contribution < 1.29 is 41.3 Å². The first-order valence-corrected chi connectivity index (χ1v) is 17.9. The van der Waals surface area contributed by atoms with Crippen molar-refractivity contribution in [1.82, 2.24) is 0 Å². The Balaban J connectivity index is 0.000000224. The van der Waals surface area contributed by atoms with Gasteiger partial charge in [-0.1, -0.05) is 72.4 Å². The predicted octanol–water partition coefficient (Wildman–Crippen LogP) is 3.96. The molecule has 0 spiro atoms.